The first-order valence-electron chi connectivity index (χ1n) is 7.69. The molecule has 0 unspecified atom stereocenters. The average Bonchev–Trinajstić information content (AvgIpc) is 2.38. The van der Waals surface area contributed by atoms with Crippen LogP contribution in [0.15, 0.2) is 59.3 Å². The normalized spacial score (nSPS) is 13.3. The van der Waals surface area contributed by atoms with Crippen molar-refractivity contribution in [1.82, 2.24) is 0 Å². The lowest BCUT2D eigenvalue weighted by atomic mass is 10.1. The van der Waals surface area contributed by atoms with Gasteiger partial charge in [-0.1, -0.05) is 59.3 Å². The highest BCUT2D eigenvalue weighted by Gasteiger charge is 1.91. The van der Waals surface area contributed by atoms with Crippen LogP contribution in [0.2, 0.25) is 0 Å². The van der Waals surface area contributed by atoms with E-state index < -0.39 is 0 Å². The van der Waals surface area contributed by atoms with Gasteiger partial charge in [-0.05, 0) is 66.7 Å². The molecule has 0 heterocycles. The second-order valence-electron chi connectivity index (χ2n) is 5.85. The van der Waals surface area contributed by atoms with Gasteiger partial charge < -0.3 is 0 Å². The van der Waals surface area contributed by atoms with Crippen LogP contribution in [-0.2, 0) is 0 Å². The maximum atomic E-state index is 3.76. The highest BCUT2D eigenvalue weighted by Crippen LogP contribution is 2.12. The van der Waals surface area contributed by atoms with Crippen LogP contribution >= 0.6 is 0 Å². The molecular weight excluding hydrogens is 240 g/mol. The lowest BCUT2D eigenvalue weighted by Crippen LogP contribution is -1.80. The number of hydrogen-bond acceptors (Lipinski definition) is 0. The molecule has 112 valence electrons. The zero-order valence-electron chi connectivity index (χ0n) is 14.1. The van der Waals surface area contributed by atoms with E-state index in [1.165, 1.54) is 41.6 Å². The molecule has 0 amide bonds. The second kappa shape index (κ2) is 11.5. The van der Waals surface area contributed by atoms with Crippen molar-refractivity contribution in [3.63, 3.8) is 0 Å². The smallest absolute Gasteiger partial charge is 0.0161 e. The highest BCUT2D eigenvalue weighted by atomic mass is 14.0. The van der Waals surface area contributed by atoms with Crippen LogP contribution in [0.25, 0.3) is 0 Å². The standard InChI is InChI=1S/C20H32/c1-7-18(4)12-9-14-20(6)16-10-15-19(5)13-8-11-17(2)3/h7,11-12,14-15H,1,8-10,13,16H2,2-6H3/b18-12+,19-15?,20-14?. The topological polar surface area (TPSA) is 0 Å². The van der Waals surface area contributed by atoms with Crippen molar-refractivity contribution in [2.24, 2.45) is 0 Å². The molecular formula is C20H32. The van der Waals surface area contributed by atoms with Crippen LogP contribution in [-0.4, -0.2) is 0 Å². The van der Waals surface area contributed by atoms with E-state index in [1.54, 1.807) is 0 Å². The Hall–Kier alpha value is -1.30. The van der Waals surface area contributed by atoms with Crippen molar-refractivity contribution in [3.05, 3.63) is 59.3 Å². The van der Waals surface area contributed by atoms with E-state index in [4.69, 9.17) is 0 Å². The zero-order chi connectivity index (χ0) is 15.4. The molecule has 0 fully saturated rings. The summed E-state index contributed by atoms with van der Waals surface area (Å²) in [6.07, 6.45) is 16.9. The highest BCUT2D eigenvalue weighted by molar-refractivity contribution is 5.15. The Morgan fingerprint density at radius 1 is 0.750 bits per heavy atom. The van der Waals surface area contributed by atoms with Crippen molar-refractivity contribution < 1.29 is 0 Å². The van der Waals surface area contributed by atoms with Gasteiger partial charge in [-0.25, -0.2) is 0 Å². The molecule has 0 bridgehead atoms. The molecule has 0 aliphatic rings. The predicted octanol–water partition coefficient (Wildman–Crippen LogP) is 6.93. The van der Waals surface area contributed by atoms with Crippen LogP contribution in [0.4, 0.5) is 0 Å². The zero-order valence-corrected chi connectivity index (χ0v) is 14.1. The third kappa shape index (κ3) is 11.8. The first kappa shape index (κ1) is 18.7. The third-order valence-corrected chi connectivity index (χ3v) is 3.35. The van der Waals surface area contributed by atoms with Gasteiger partial charge in [0.15, 0.2) is 0 Å². The van der Waals surface area contributed by atoms with Crippen molar-refractivity contribution in [3.8, 4) is 0 Å². The van der Waals surface area contributed by atoms with Crippen LogP contribution < -0.4 is 0 Å². The van der Waals surface area contributed by atoms with E-state index in [1.807, 2.05) is 6.08 Å². The summed E-state index contributed by atoms with van der Waals surface area (Å²) in [7, 11) is 0. The summed E-state index contributed by atoms with van der Waals surface area (Å²) in [5.74, 6) is 0. The molecule has 0 atom stereocenters. The third-order valence-electron chi connectivity index (χ3n) is 3.35. The second-order valence-corrected chi connectivity index (χ2v) is 5.85. The molecule has 0 radical (unpaired) electrons. The van der Waals surface area contributed by atoms with E-state index in [0.717, 1.165) is 12.8 Å². The molecule has 0 aromatic heterocycles. The SMILES string of the molecule is C=C/C(C)=C/CC=C(C)CCC=C(C)CCC=C(C)C. The van der Waals surface area contributed by atoms with E-state index in [9.17, 15) is 0 Å². The lowest BCUT2D eigenvalue weighted by Gasteiger charge is -2.01. The maximum absolute atomic E-state index is 3.76. The molecule has 0 spiro atoms. The van der Waals surface area contributed by atoms with Crippen molar-refractivity contribution in [2.45, 2.75) is 66.7 Å². The Labute approximate surface area is 126 Å². The minimum Gasteiger partial charge on any atom is -0.0988 e. The first-order chi connectivity index (χ1) is 9.45. The quantitative estimate of drug-likeness (QED) is 0.315. The van der Waals surface area contributed by atoms with Crippen LogP contribution in [0.5, 0.6) is 0 Å². The number of rotatable bonds is 9. The van der Waals surface area contributed by atoms with Crippen molar-refractivity contribution >= 4 is 0 Å². The van der Waals surface area contributed by atoms with Crippen LogP contribution in [0.3, 0.4) is 0 Å². The average molecular weight is 272 g/mol. The molecule has 0 rings (SSSR count). The van der Waals surface area contributed by atoms with E-state index in [-0.39, 0.29) is 0 Å². The van der Waals surface area contributed by atoms with Gasteiger partial charge in [-0.3, -0.25) is 0 Å². The van der Waals surface area contributed by atoms with Crippen molar-refractivity contribution in [1.29, 1.82) is 0 Å². The molecule has 0 aromatic carbocycles. The molecule has 0 aliphatic carbocycles. The fourth-order valence-electron chi connectivity index (χ4n) is 1.87. The molecule has 0 N–H and O–H groups in total. The summed E-state index contributed by atoms with van der Waals surface area (Å²) in [4.78, 5) is 0. The number of hydrogen-bond donors (Lipinski definition) is 0. The first-order valence-corrected chi connectivity index (χ1v) is 7.69. The fraction of sp³-hybridized carbons (Fsp3) is 0.500. The van der Waals surface area contributed by atoms with Gasteiger partial charge in [0.2, 0.25) is 0 Å². The van der Waals surface area contributed by atoms with Crippen LogP contribution in [0.1, 0.15) is 66.7 Å². The minimum atomic E-state index is 1.02. The molecule has 0 nitrogen and oxygen atoms in total. The lowest BCUT2D eigenvalue weighted by molar-refractivity contribution is 0.915. The Kier molecular flexibility index (Phi) is 10.8. The largest absolute Gasteiger partial charge is 0.0988 e. The Balaban J connectivity index is 3.99. The predicted molar refractivity (Wildman–Crippen MR) is 94.0 cm³/mol. The molecule has 0 heteroatoms. The van der Waals surface area contributed by atoms with Gasteiger partial charge in [-0.15, -0.1) is 0 Å². The summed E-state index contributed by atoms with van der Waals surface area (Å²) >= 11 is 0. The Morgan fingerprint density at radius 3 is 1.85 bits per heavy atom. The van der Waals surface area contributed by atoms with Gasteiger partial charge in [0.05, 0.1) is 0 Å². The fourth-order valence-corrected chi connectivity index (χ4v) is 1.87. The summed E-state index contributed by atoms with van der Waals surface area (Å²) in [5, 5.41) is 0. The summed E-state index contributed by atoms with van der Waals surface area (Å²) in [6.45, 7) is 14.6. The van der Waals surface area contributed by atoms with E-state index in [0.29, 0.717) is 0 Å². The Bertz CT molecular complexity index is 396. The monoisotopic (exact) mass is 272 g/mol. The molecule has 0 aliphatic heterocycles. The van der Waals surface area contributed by atoms with Gasteiger partial charge >= 0.3 is 0 Å². The van der Waals surface area contributed by atoms with Gasteiger partial charge in [0.1, 0.15) is 0 Å². The van der Waals surface area contributed by atoms with Gasteiger partial charge in [0, 0.05) is 0 Å². The molecule has 0 saturated carbocycles. The summed E-state index contributed by atoms with van der Waals surface area (Å²) in [5.41, 5.74) is 5.66. The van der Waals surface area contributed by atoms with Crippen molar-refractivity contribution in [2.75, 3.05) is 0 Å². The van der Waals surface area contributed by atoms with Crippen LogP contribution in [0, 0.1) is 0 Å². The van der Waals surface area contributed by atoms with E-state index in [2.05, 4.69) is 65.5 Å². The summed E-state index contributed by atoms with van der Waals surface area (Å²) in [6, 6.07) is 0. The van der Waals surface area contributed by atoms with E-state index >= 15 is 0 Å². The van der Waals surface area contributed by atoms with Gasteiger partial charge in [-0.2, -0.15) is 0 Å². The minimum absolute atomic E-state index is 1.02. The Morgan fingerprint density at radius 2 is 1.30 bits per heavy atom. The van der Waals surface area contributed by atoms with Gasteiger partial charge in [0.25, 0.3) is 0 Å². The molecule has 0 saturated heterocycles. The maximum Gasteiger partial charge on any atom is -0.0161 e. The molecule has 0 aromatic rings. The molecule has 20 heavy (non-hydrogen) atoms. The number of allylic oxidation sites excluding steroid dienone is 9. The summed E-state index contributed by atoms with van der Waals surface area (Å²) < 4.78 is 0.